The molecule has 1 unspecified atom stereocenters. The molecule has 0 spiro atoms. The molecule has 1 N–H and O–H groups in total. The molecule has 2 aliphatic rings. The summed E-state index contributed by atoms with van der Waals surface area (Å²) in [6.45, 7) is 11.6. The minimum atomic E-state index is -0.132. The minimum Gasteiger partial charge on any atom is -0.454 e. The molecule has 1 aromatic carbocycles. The SMILES string of the molecule is Cc1ccncc1CN(c1ccc2c(c1)OCO2)C1CCN(C(C)CCNC(=O)c2c(C)cc(C#N)nc2C)CC1. The molecule has 9 nitrogen and oxygen atoms in total. The van der Waals surface area contributed by atoms with Crippen molar-refractivity contribution in [1.29, 1.82) is 5.26 Å². The molecule has 1 atom stereocenters. The average molecular weight is 555 g/mol. The van der Waals surface area contributed by atoms with Crippen LogP contribution in [0.1, 0.15) is 64.6 Å². The number of likely N-dealkylation sites (tertiary alicyclic amines) is 1. The van der Waals surface area contributed by atoms with Crippen molar-refractivity contribution < 1.29 is 14.3 Å². The molecule has 0 saturated carbocycles. The number of carbonyl (C=O) groups excluding carboxylic acids is 1. The predicted octanol–water partition coefficient (Wildman–Crippen LogP) is 4.68. The van der Waals surface area contributed by atoms with E-state index in [9.17, 15) is 4.79 Å². The number of piperidine rings is 1. The maximum absolute atomic E-state index is 12.9. The maximum Gasteiger partial charge on any atom is 0.253 e. The van der Waals surface area contributed by atoms with Crippen molar-refractivity contribution in [2.45, 2.75) is 65.6 Å². The van der Waals surface area contributed by atoms with Gasteiger partial charge in [0.05, 0.1) is 11.3 Å². The fourth-order valence-corrected chi connectivity index (χ4v) is 5.88. The van der Waals surface area contributed by atoms with Crippen LogP contribution in [0.15, 0.2) is 42.7 Å². The van der Waals surface area contributed by atoms with Gasteiger partial charge < -0.3 is 24.6 Å². The van der Waals surface area contributed by atoms with E-state index in [2.05, 4.69) is 57.1 Å². The van der Waals surface area contributed by atoms with E-state index in [0.717, 1.165) is 61.6 Å². The number of fused-ring (bicyclic) bond motifs is 1. The number of aryl methyl sites for hydroxylation is 3. The van der Waals surface area contributed by atoms with Crippen LogP contribution < -0.4 is 19.7 Å². The lowest BCUT2D eigenvalue weighted by Crippen LogP contribution is -2.48. The molecule has 4 heterocycles. The fraction of sp³-hybridized carbons (Fsp3) is 0.438. The maximum atomic E-state index is 12.9. The van der Waals surface area contributed by atoms with Gasteiger partial charge in [-0.3, -0.25) is 9.78 Å². The Bertz CT molecular complexity index is 1420. The summed E-state index contributed by atoms with van der Waals surface area (Å²) in [5.74, 6) is 1.46. The van der Waals surface area contributed by atoms with E-state index in [1.54, 1.807) is 13.0 Å². The Kier molecular flexibility index (Phi) is 8.70. The normalized spacial score (nSPS) is 15.8. The highest BCUT2D eigenvalue weighted by Crippen LogP contribution is 2.37. The fourth-order valence-electron chi connectivity index (χ4n) is 5.88. The Balaban J connectivity index is 1.19. The number of rotatable bonds is 9. The molecule has 9 heteroatoms. The number of benzene rings is 1. The average Bonchev–Trinajstić information content (AvgIpc) is 3.44. The van der Waals surface area contributed by atoms with Crippen molar-refractivity contribution >= 4 is 11.6 Å². The van der Waals surface area contributed by atoms with Gasteiger partial charge in [-0.15, -0.1) is 0 Å². The Hall–Kier alpha value is -4.16. The monoisotopic (exact) mass is 554 g/mol. The Labute approximate surface area is 242 Å². The van der Waals surface area contributed by atoms with Crippen molar-refractivity contribution in [2.24, 2.45) is 0 Å². The summed E-state index contributed by atoms with van der Waals surface area (Å²) in [6.07, 6.45) is 6.76. The van der Waals surface area contributed by atoms with Crippen LogP contribution >= 0.6 is 0 Å². The molecule has 0 radical (unpaired) electrons. The summed E-state index contributed by atoms with van der Waals surface area (Å²) in [4.78, 5) is 26.5. The van der Waals surface area contributed by atoms with Crippen LogP contribution in [0.2, 0.25) is 0 Å². The molecule has 0 aliphatic carbocycles. The topological polar surface area (TPSA) is 104 Å². The van der Waals surface area contributed by atoms with Crippen LogP contribution in [0.25, 0.3) is 0 Å². The number of aromatic nitrogens is 2. The van der Waals surface area contributed by atoms with Gasteiger partial charge in [-0.1, -0.05) is 0 Å². The number of pyridine rings is 2. The Morgan fingerprint density at radius 2 is 1.93 bits per heavy atom. The van der Waals surface area contributed by atoms with E-state index in [1.807, 2.05) is 31.5 Å². The highest BCUT2D eigenvalue weighted by Gasteiger charge is 2.29. The zero-order chi connectivity index (χ0) is 28.9. The smallest absolute Gasteiger partial charge is 0.253 e. The molecule has 1 amide bonds. The van der Waals surface area contributed by atoms with Gasteiger partial charge in [0.1, 0.15) is 11.8 Å². The molecule has 3 aromatic rings. The predicted molar refractivity (Wildman–Crippen MR) is 157 cm³/mol. The first-order valence-corrected chi connectivity index (χ1v) is 14.3. The number of carbonyl (C=O) groups is 1. The molecule has 214 valence electrons. The van der Waals surface area contributed by atoms with Crippen LogP contribution in [0.3, 0.4) is 0 Å². The summed E-state index contributed by atoms with van der Waals surface area (Å²) < 4.78 is 11.2. The molecule has 2 aliphatic heterocycles. The number of nitrogens with zero attached hydrogens (tertiary/aromatic N) is 5. The molecule has 5 rings (SSSR count). The van der Waals surface area contributed by atoms with Gasteiger partial charge in [-0.2, -0.15) is 5.26 Å². The second kappa shape index (κ2) is 12.6. The van der Waals surface area contributed by atoms with Gasteiger partial charge in [-0.05, 0) is 87.9 Å². The highest BCUT2D eigenvalue weighted by atomic mass is 16.7. The summed E-state index contributed by atoms with van der Waals surface area (Å²) in [7, 11) is 0. The lowest BCUT2D eigenvalue weighted by molar-refractivity contribution is 0.0943. The van der Waals surface area contributed by atoms with Crippen LogP contribution in [0.5, 0.6) is 11.5 Å². The van der Waals surface area contributed by atoms with Crippen LogP contribution in [-0.2, 0) is 6.54 Å². The largest absolute Gasteiger partial charge is 0.454 e. The Morgan fingerprint density at radius 1 is 1.15 bits per heavy atom. The third-order valence-corrected chi connectivity index (χ3v) is 8.33. The number of nitrogens with one attached hydrogen (secondary N) is 1. The molecular weight excluding hydrogens is 516 g/mol. The summed E-state index contributed by atoms with van der Waals surface area (Å²) in [5, 5.41) is 12.2. The zero-order valence-electron chi connectivity index (χ0n) is 24.3. The minimum absolute atomic E-state index is 0.132. The third-order valence-electron chi connectivity index (χ3n) is 8.33. The molecule has 1 saturated heterocycles. The van der Waals surface area contributed by atoms with Crippen molar-refractivity contribution in [3.05, 3.63) is 76.4 Å². The van der Waals surface area contributed by atoms with E-state index in [4.69, 9.17) is 14.7 Å². The quantitative estimate of drug-likeness (QED) is 0.407. The van der Waals surface area contributed by atoms with Crippen LogP contribution in [-0.4, -0.2) is 59.3 Å². The lowest BCUT2D eigenvalue weighted by Gasteiger charge is -2.42. The molecule has 0 bridgehead atoms. The standard InChI is InChI=1S/C32H38N6O3/c1-21-7-11-34-18-25(21)19-38(28-5-6-29-30(16-28)41-20-40-29)27-9-13-37(14-10-27)23(3)8-12-35-32(39)31-22(2)15-26(17-33)36-24(31)4/h5-7,11,15-16,18,23,27H,8-10,12-14,19-20H2,1-4H3,(H,35,39). The number of hydrogen-bond acceptors (Lipinski definition) is 8. The lowest BCUT2D eigenvalue weighted by atomic mass is 9.98. The van der Waals surface area contributed by atoms with Gasteiger partial charge in [-0.25, -0.2) is 4.98 Å². The number of amides is 1. The van der Waals surface area contributed by atoms with E-state index in [0.29, 0.717) is 35.6 Å². The molecule has 41 heavy (non-hydrogen) atoms. The first-order chi connectivity index (χ1) is 19.8. The van der Waals surface area contributed by atoms with Crippen LogP contribution in [0.4, 0.5) is 5.69 Å². The Morgan fingerprint density at radius 3 is 2.66 bits per heavy atom. The highest BCUT2D eigenvalue weighted by molar-refractivity contribution is 5.96. The molecule has 1 fully saturated rings. The van der Waals surface area contributed by atoms with Crippen molar-refractivity contribution in [3.63, 3.8) is 0 Å². The summed E-state index contributed by atoms with van der Waals surface area (Å²) in [6, 6.07) is 12.7. The number of nitriles is 1. The summed E-state index contributed by atoms with van der Waals surface area (Å²) in [5.41, 5.74) is 5.85. The third kappa shape index (κ3) is 6.44. The van der Waals surface area contributed by atoms with Gasteiger partial charge in [0.25, 0.3) is 5.91 Å². The number of anilines is 1. The van der Waals surface area contributed by atoms with Gasteiger partial charge >= 0.3 is 0 Å². The van der Waals surface area contributed by atoms with Crippen molar-refractivity contribution in [3.8, 4) is 17.6 Å². The second-order valence-electron chi connectivity index (χ2n) is 11.0. The first-order valence-electron chi connectivity index (χ1n) is 14.3. The van der Waals surface area contributed by atoms with Gasteiger partial charge in [0.2, 0.25) is 6.79 Å². The number of ether oxygens (including phenoxy) is 2. The van der Waals surface area contributed by atoms with E-state index >= 15 is 0 Å². The van der Waals surface area contributed by atoms with E-state index in [1.165, 1.54) is 11.1 Å². The second-order valence-corrected chi connectivity index (χ2v) is 11.0. The van der Waals surface area contributed by atoms with Crippen LogP contribution in [0, 0.1) is 32.1 Å². The van der Waals surface area contributed by atoms with E-state index in [-0.39, 0.29) is 12.7 Å². The van der Waals surface area contributed by atoms with Gasteiger partial charge in [0.15, 0.2) is 11.5 Å². The van der Waals surface area contributed by atoms with E-state index < -0.39 is 0 Å². The first kappa shape index (κ1) is 28.4. The van der Waals surface area contributed by atoms with Gasteiger partial charge in [0, 0.05) is 62.4 Å². The van der Waals surface area contributed by atoms with Crippen molar-refractivity contribution in [1.82, 2.24) is 20.2 Å². The molecular formula is C32H38N6O3. The number of hydrogen-bond donors (Lipinski definition) is 1. The zero-order valence-corrected chi connectivity index (χ0v) is 24.3. The summed E-state index contributed by atoms with van der Waals surface area (Å²) >= 11 is 0. The molecule has 2 aromatic heterocycles. The van der Waals surface area contributed by atoms with Crippen molar-refractivity contribution in [2.75, 3.05) is 31.3 Å².